The summed E-state index contributed by atoms with van der Waals surface area (Å²) in [5.41, 5.74) is 0.646. The molecule has 2 fully saturated rings. The van der Waals surface area contributed by atoms with Crippen LogP contribution in [0.1, 0.15) is 43.1 Å². The molecule has 0 bridgehead atoms. The van der Waals surface area contributed by atoms with Crippen LogP contribution >= 0.6 is 0 Å². The number of alkyl halides is 2. The highest BCUT2D eigenvalue weighted by atomic mass is 19.3. The summed E-state index contributed by atoms with van der Waals surface area (Å²) in [5.74, 6) is -2.44. The fraction of sp³-hybridized carbons (Fsp3) is 0.667. The van der Waals surface area contributed by atoms with Crippen LogP contribution in [0.25, 0.3) is 0 Å². The number of hydrogen-bond acceptors (Lipinski definition) is 3. The zero-order valence-corrected chi connectivity index (χ0v) is 9.79. The average molecular weight is 256 g/mol. The van der Waals surface area contributed by atoms with E-state index in [4.69, 9.17) is 4.52 Å². The number of hydrogen-bond donors (Lipinski definition) is 1. The van der Waals surface area contributed by atoms with Gasteiger partial charge in [-0.25, -0.2) is 8.78 Å². The number of aromatic nitrogens is 1. The molecule has 0 saturated heterocycles. The molecule has 1 N–H and O–H groups in total. The van der Waals surface area contributed by atoms with Crippen LogP contribution in [0.3, 0.4) is 0 Å². The summed E-state index contributed by atoms with van der Waals surface area (Å²) in [7, 11) is 0. The average Bonchev–Trinajstić information content (AvgIpc) is 3.19. The third kappa shape index (κ3) is 2.52. The predicted molar refractivity (Wildman–Crippen MR) is 58.0 cm³/mol. The number of rotatable bonds is 5. The Labute approximate surface area is 103 Å². The van der Waals surface area contributed by atoms with Crippen LogP contribution in [-0.2, 0) is 11.3 Å². The van der Waals surface area contributed by atoms with Gasteiger partial charge in [0.25, 0.3) is 5.92 Å². The van der Waals surface area contributed by atoms with Gasteiger partial charge in [-0.05, 0) is 12.8 Å². The van der Waals surface area contributed by atoms with Gasteiger partial charge < -0.3 is 9.84 Å². The van der Waals surface area contributed by atoms with E-state index in [1.165, 1.54) is 0 Å². The standard InChI is InChI=1S/C12H14F2N2O2/c13-12(14)5-8(12)3-11(17)15-6-9-4-10(18-16-9)7-1-2-7/h4,7-8H,1-3,5-6H2,(H,15,17)/t8-/m0/s1. The number of amides is 1. The third-order valence-corrected chi connectivity index (χ3v) is 3.41. The molecule has 2 aliphatic carbocycles. The van der Waals surface area contributed by atoms with E-state index in [9.17, 15) is 13.6 Å². The second-order valence-corrected chi connectivity index (χ2v) is 5.14. The fourth-order valence-electron chi connectivity index (χ4n) is 1.95. The van der Waals surface area contributed by atoms with Crippen molar-refractivity contribution in [2.24, 2.45) is 5.92 Å². The Kier molecular flexibility index (Phi) is 2.60. The molecule has 98 valence electrons. The van der Waals surface area contributed by atoms with Crippen molar-refractivity contribution in [2.75, 3.05) is 0 Å². The SMILES string of the molecule is O=C(C[C@H]1CC1(F)F)NCc1cc(C2CC2)on1. The second-order valence-electron chi connectivity index (χ2n) is 5.14. The van der Waals surface area contributed by atoms with E-state index in [1.807, 2.05) is 6.07 Å². The molecule has 6 heteroatoms. The lowest BCUT2D eigenvalue weighted by atomic mass is 10.2. The van der Waals surface area contributed by atoms with Gasteiger partial charge in [-0.1, -0.05) is 5.16 Å². The molecule has 1 aromatic rings. The summed E-state index contributed by atoms with van der Waals surface area (Å²) >= 11 is 0. The maximum atomic E-state index is 12.6. The molecule has 1 amide bonds. The summed E-state index contributed by atoms with van der Waals surface area (Å²) in [5, 5.41) is 6.42. The van der Waals surface area contributed by atoms with Crippen LogP contribution in [0.4, 0.5) is 8.78 Å². The van der Waals surface area contributed by atoms with E-state index in [-0.39, 0.29) is 25.3 Å². The van der Waals surface area contributed by atoms with Crippen LogP contribution in [0, 0.1) is 5.92 Å². The smallest absolute Gasteiger partial charge is 0.252 e. The molecule has 1 heterocycles. The van der Waals surface area contributed by atoms with Crippen molar-refractivity contribution < 1.29 is 18.1 Å². The van der Waals surface area contributed by atoms with E-state index in [0.29, 0.717) is 11.6 Å². The summed E-state index contributed by atoms with van der Waals surface area (Å²) in [6, 6.07) is 1.82. The number of halogens is 2. The molecule has 1 aromatic heterocycles. The molecule has 0 radical (unpaired) electrons. The van der Waals surface area contributed by atoms with Gasteiger partial charge in [0.1, 0.15) is 11.5 Å². The lowest BCUT2D eigenvalue weighted by Gasteiger charge is -2.01. The summed E-state index contributed by atoms with van der Waals surface area (Å²) in [4.78, 5) is 11.4. The third-order valence-electron chi connectivity index (χ3n) is 3.41. The van der Waals surface area contributed by atoms with Gasteiger partial charge in [0.15, 0.2) is 0 Å². The van der Waals surface area contributed by atoms with E-state index in [2.05, 4.69) is 10.5 Å². The maximum Gasteiger partial charge on any atom is 0.252 e. The van der Waals surface area contributed by atoms with E-state index >= 15 is 0 Å². The summed E-state index contributed by atoms with van der Waals surface area (Å²) in [6.45, 7) is 0.243. The summed E-state index contributed by atoms with van der Waals surface area (Å²) < 4.78 is 30.3. The molecule has 2 saturated carbocycles. The molecule has 0 aromatic carbocycles. The number of nitrogens with zero attached hydrogens (tertiary/aromatic N) is 1. The zero-order valence-electron chi connectivity index (χ0n) is 9.79. The first-order valence-electron chi connectivity index (χ1n) is 6.14. The highest BCUT2D eigenvalue weighted by molar-refractivity contribution is 5.76. The molecule has 18 heavy (non-hydrogen) atoms. The van der Waals surface area contributed by atoms with Crippen LogP contribution in [0.5, 0.6) is 0 Å². The van der Waals surface area contributed by atoms with E-state index < -0.39 is 11.8 Å². The Morgan fingerprint density at radius 3 is 2.89 bits per heavy atom. The van der Waals surface area contributed by atoms with Crippen LogP contribution < -0.4 is 5.32 Å². The van der Waals surface area contributed by atoms with Gasteiger partial charge >= 0.3 is 0 Å². The molecule has 1 atom stereocenters. The van der Waals surface area contributed by atoms with Crippen molar-refractivity contribution in [3.8, 4) is 0 Å². The lowest BCUT2D eigenvalue weighted by Crippen LogP contribution is -2.23. The monoisotopic (exact) mass is 256 g/mol. The van der Waals surface area contributed by atoms with Crippen molar-refractivity contribution in [3.63, 3.8) is 0 Å². The van der Waals surface area contributed by atoms with Gasteiger partial charge in [0, 0.05) is 30.7 Å². The minimum absolute atomic E-state index is 0.111. The molecule has 0 unspecified atom stereocenters. The minimum Gasteiger partial charge on any atom is -0.361 e. The van der Waals surface area contributed by atoms with E-state index in [0.717, 1.165) is 18.6 Å². The first kappa shape index (κ1) is 11.6. The van der Waals surface area contributed by atoms with Gasteiger partial charge in [-0.3, -0.25) is 4.79 Å². The van der Waals surface area contributed by atoms with Crippen molar-refractivity contribution in [1.29, 1.82) is 0 Å². The Morgan fingerprint density at radius 1 is 1.56 bits per heavy atom. The lowest BCUT2D eigenvalue weighted by molar-refractivity contribution is -0.122. The molecule has 4 nitrogen and oxygen atoms in total. The molecule has 3 rings (SSSR count). The number of nitrogens with one attached hydrogen (secondary N) is 1. The molecule has 0 aliphatic heterocycles. The molecular weight excluding hydrogens is 242 g/mol. The number of carbonyl (C=O) groups excluding carboxylic acids is 1. The number of carbonyl (C=O) groups is 1. The Morgan fingerprint density at radius 2 is 2.28 bits per heavy atom. The Hall–Kier alpha value is -1.46. The first-order chi connectivity index (χ1) is 8.54. The second kappa shape index (κ2) is 4.03. The van der Waals surface area contributed by atoms with Gasteiger partial charge in [0.2, 0.25) is 5.91 Å². The van der Waals surface area contributed by atoms with Crippen molar-refractivity contribution in [2.45, 2.75) is 44.1 Å². The van der Waals surface area contributed by atoms with Gasteiger partial charge in [0.05, 0.1) is 6.54 Å². The highest BCUT2D eigenvalue weighted by Crippen LogP contribution is 2.50. The Bertz CT molecular complexity index is 468. The molecular formula is C12H14F2N2O2. The van der Waals surface area contributed by atoms with Crippen molar-refractivity contribution >= 4 is 5.91 Å². The largest absolute Gasteiger partial charge is 0.361 e. The highest BCUT2D eigenvalue weighted by Gasteiger charge is 2.57. The van der Waals surface area contributed by atoms with Crippen molar-refractivity contribution in [1.82, 2.24) is 10.5 Å². The summed E-state index contributed by atoms with van der Waals surface area (Å²) in [6.07, 6.45) is 1.96. The van der Waals surface area contributed by atoms with E-state index in [1.54, 1.807) is 0 Å². The zero-order chi connectivity index (χ0) is 12.8. The molecule has 2 aliphatic rings. The normalized spacial score (nSPS) is 24.9. The topological polar surface area (TPSA) is 55.1 Å². The fourth-order valence-corrected chi connectivity index (χ4v) is 1.95. The van der Waals surface area contributed by atoms with Crippen molar-refractivity contribution in [3.05, 3.63) is 17.5 Å². The van der Waals surface area contributed by atoms with Gasteiger partial charge in [-0.15, -0.1) is 0 Å². The molecule has 0 spiro atoms. The maximum absolute atomic E-state index is 12.6. The first-order valence-corrected chi connectivity index (χ1v) is 6.14. The quantitative estimate of drug-likeness (QED) is 0.878. The van der Waals surface area contributed by atoms with Crippen LogP contribution in [-0.4, -0.2) is 17.0 Å². The van der Waals surface area contributed by atoms with Gasteiger partial charge in [-0.2, -0.15) is 0 Å². The minimum atomic E-state index is -2.63. The van der Waals surface area contributed by atoms with Crippen LogP contribution in [0.2, 0.25) is 0 Å². The Balaban J connectivity index is 1.44. The van der Waals surface area contributed by atoms with Crippen LogP contribution in [0.15, 0.2) is 10.6 Å². The predicted octanol–water partition coefficient (Wildman–Crippen LogP) is 2.21.